The molecule has 0 rings (SSSR count). The number of hydrogen-bond acceptors (Lipinski definition) is 5. The van der Waals surface area contributed by atoms with Gasteiger partial charge in [-0.3, -0.25) is 9.59 Å². The third-order valence-electron chi connectivity index (χ3n) is 17.4. The zero-order valence-corrected chi connectivity index (χ0v) is 55.5. The molecule has 1 amide bonds. The highest BCUT2D eigenvalue weighted by atomic mass is 16.5. The van der Waals surface area contributed by atoms with Crippen molar-refractivity contribution in [2.45, 2.75) is 424 Å². The third-order valence-corrected chi connectivity index (χ3v) is 17.4. The van der Waals surface area contributed by atoms with Crippen LogP contribution in [0.15, 0.2) is 36.5 Å². The second-order valence-corrected chi connectivity index (χ2v) is 25.6. The number of nitrogens with one attached hydrogen (secondary N) is 1. The van der Waals surface area contributed by atoms with Crippen molar-refractivity contribution in [3.8, 4) is 0 Å². The van der Waals surface area contributed by atoms with Gasteiger partial charge in [0.05, 0.1) is 25.4 Å². The molecule has 484 valence electrons. The van der Waals surface area contributed by atoms with Gasteiger partial charge in [-0.1, -0.05) is 371 Å². The van der Waals surface area contributed by atoms with Crippen LogP contribution in [-0.4, -0.2) is 47.4 Å². The summed E-state index contributed by atoms with van der Waals surface area (Å²) in [7, 11) is 0. The first-order valence-electron chi connectivity index (χ1n) is 37.3. The van der Waals surface area contributed by atoms with E-state index in [1.165, 1.54) is 340 Å². The molecule has 0 aliphatic rings. The minimum atomic E-state index is -0.844. The van der Waals surface area contributed by atoms with Crippen LogP contribution in [0.1, 0.15) is 412 Å². The number of hydrogen-bond donors (Lipinski definition) is 3. The van der Waals surface area contributed by atoms with E-state index < -0.39 is 12.1 Å². The number of ether oxygens (including phenoxy) is 1. The number of aliphatic hydroxyl groups is 2. The van der Waals surface area contributed by atoms with E-state index in [1.54, 1.807) is 6.08 Å². The lowest BCUT2D eigenvalue weighted by Crippen LogP contribution is -2.45. The molecule has 6 heteroatoms. The van der Waals surface area contributed by atoms with Crippen LogP contribution < -0.4 is 5.32 Å². The Bertz CT molecular complexity index is 1330. The lowest BCUT2D eigenvalue weighted by atomic mass is 10.0. The van der Waals surface area contributed by atoms with E-state index in [4.69, 9.17) is 4.74 Å². The van der Waals surface area contributed by atoms with Crippen LogP contribution in [0.5, 0.6) is 0 Å². The Morgan fingerprint density at radius 1 is 0.341 bits per heavy atom. The fourth-order valence-corrected chi connectivity index (χ4v) is 11.7. The van der Waals surface area contributed by atoms with Crippen molar-refractivity contribution >= 4 is 11.9 Å². The summed E-state index contributed by atoms with van der Waals surface area (Å²) in [6, 6.07) is -0.627. The van der Waals surface area contributed by atoms with Crippen LogP contribution in [0.25, 0.3) is 0 Å². The third kappa shape index (κ3) is 67.2. The predicted molar refractivity (Wildman–Crippen MR) is 361 cm³/mol. The Balaban J connectivity index is 3.38. The van der Waals surface area contributed by atoms with Gasteiger partial charge in [0.1, 0.15) is 0 Å². The molecule has 0 radical (unpaired) electrons. The largest absolute Gasteiger partial charge is 0.466 e. The molecule has 0 bridgehead atoms. The molecule has 0 fully saturated rings. The van der Waals surface area contributed by atoms with Crippen molar-refractivity contribution < 1.29 is 24.5 Å². The molecular weight excluding hydrogens is 1010 g/mol. The predicted octanol–water partition coefficient (Wildman–Crippen LogP) is 24.3. The van der Waals surface area contributed by atoms with Crippen molar-refractivity contribution in [2.24, 2.45) is 0 Å². The molecule has 0 aromatic carbocycles. The number of allylic oxidation sites excluding steroid dienone is 5. The number of amides is 1. The van der Waals surface area contributed by atoms with Gasteiger partial charge < -0.3 is 20.3 Å². The smallest absolute Gasteiger partial charge is 0.305 e. The Hall–Kier alpha value is -1.92. The number of carbonyl (C=O) groups is 2. The van der Waals surface area contributed by atoms with E-state index in [2.05, 4.69) is 43.5 Å². The van der Waals surface area contributed by atoms with Gasteiger partial charge in [-0.2, -0.15) is 0 Å². The summed E-state index contributed by atoms with van der Waals surface area (Å²) in [5, 5.41) is 23.2. The summed E-state index contributed by atoms with van der Waals surface area (Å²) >= 11 is 0. The highest BCUT2D eigenvalue weighted by Crippen LogP contribution is 2.19. The molecule has 82 heavy (non-hydrogen) atoms. The number of carbonyl (C=O) groups excluding carboxylic acids is 2. The average Bonchev–Trinajstić information content (AvgIpc) is 3.48. The highest BCUT2D eigenvalue weighted by Gasteiger charge is 2.18. The molecule has 0 saturated heterocycles. The molecule has 3 N–H and O–H groups in total. The van der Waals surface area contributed by atoms with Gasteiger partial charge in [0.15, 0.2) is 0 Å². The number of esters is 1. The molecule has 0 aliphatic carbocycles. The Morgan fingerprint density at radius 2 is 0.610 bits per heavy atom. The first-order valence-corrected chi connectivity index (χ1v) is 37.3. The molecule has 6 nitrogen and oxygen atoms in total. The number of unbranched alkanes of at least 4 members (excludes halogenated alkanes) is 55. The van der Waals surface area contributed by atoms with E-state index in [0.29, 0.717) is 19.4 Å². The maximum absolute atomic E-state index is 12.5. The maximum atomic E-state index is 12.5. The van der Waals surface area contributed by atoms with Crippen molar-refractivity contribution in [1.82, 2.24) is 5.32 Å². The van der Waals surface area contributed by atoms with Crippen molar-refractivity contribution in [2.75, 3.05) is 13.2 Å². The van der Waals surface area contributed by atoms with Gasteiger partial charge in [-0.25, -0.2) is 0 Å². The second-order valence-electron chi connectivity index (χ2n) is 25.6. The SMILES string of the molecule is CCCCCCCCCCCCCCC/C=C/C(O)C(CO)NC(=O)CCCCCCCCCCCCCCCCC/C=C\C/C=C\CCCCCCCCCCCOC(=O)CCCCCCCCCCCCCCCCCCCCC. The summed E-state index contributed by atoms with van der Waals surface area (Å²) in [6.45, 7) is 4.94. The van der Waals surface area contributed by atoms with Crippen LogP contribution in [0.4, 0.5) is 0 Å². The van der Waals surface area contributed by atoms with E-state index in [1.807, 2.05) is 6.08 Å². The van der Waals surface area contributed by atoms with Gasteiger partial charge in [-0.15, -0.1) is 0 Å². The summed E-state index contributed by atoms with van der Waals surface area (Å²) in [4.78, 5) is 24.6. The van der Waals surface area contributed by atoms with Crippen LogP contribution in [0, 0.1) is 0 Å². The fourth-order valence-electron chi connectivity index (χ4n) is 11.7. The zero-order chi connectivity index (χ0) is 59.2. The van der Waals surface area contributed by atoms with Gasteiger partial charge in [0.2, 0.25) is 5.91 Å². The van der Waals surface area contributed by atoms with Crippen LogP contribution in [0.2, 0.25) is 0 Å². The summed E-state index contributed by atoms with van der Waals surface area (Å²) in [5.41, 5.74) is 0. The monoisotopic (exact) mass is 1150 g/mol. The summed E-state index contributed by atoms with van der Waals surface area (Å²) < 4.78 is 5.51. The highest BCUT2D eigenvalue weighted by molar-refractivity contribution is 5.76. The zero-order valence-electron chi connectivity index (χ0n) is 55.5. The van der Waals surface area contributed by atoms with E-state index in [9.17, 15) is 19.8 Å². The van der Waals surface area contributed by atoms with Crippen molar-refractivity contribution in [3.63, 3.8) is 0 Å². The molecule has 0 aliphatic heterocycles. The van der Waals surface area contributed by atoms with Crippen LogP contribution >= 0.6 is 0 Å². The Morgan fingerprint density at radius 3 is 0.927 bits per heavy atom. The Kier molecular flexibility index (Phi) is 69.9. The molecule has 0 heterocycles. The Labute approximate surface area is 513 Å². The van der Waals surface area contributed by atoms with Gasteiger partial charge in [0.25, 0.3) is 0 Å². The second kappa shape index (κ2) is 71.6. The molecule has 0 aromatic heterocycles. The van der Waals surface area contributed by atoms with E-state index in [0.717, 1.165) is 44.9 Å². The van der Waals surface area contributed by atoms with E-state index in [-0.39, 0.29) is 18.5 Å². The number of aliphatic hydroxyl groups excluding tert-OH is 2. The fraction of sp³-hybridized carbons (Fsp3) is 0.895. The summed E-state index contributed by atoms with van der Waals surface area (Å²) in [6.07, 6.45) is 92.4. The molecule has 0 spiro atoms. The average molecular weight is 1150 g/mol. The molecule has 0 saturated carbocycles. The lowest BCUT2D eigenvalue weighted by molar-refractivity contribution is -0.143. The van der Waals surface area contributed by atoms with Crippen LogP contribution in [0.3, 0.4) is 0 Å². The normalized spacial score (nSPS) is 12.7. The number of rotatable bonds is 70. The topological polar surface area (TPSA) is 95.9 Å². The molecular formula is C76H145NO5. The minimum Gasteiger partial charge on any atom is -0.466 e. The quantitative estimate of drug-likeness (QED) is 0.0320. The van der Waals surface area contributed by atoms with E-state index >= 15 is 0 Å². The molecule has 2 unspecified atom stereocenters. The van der Waals surface area contributed by atoms with Gasteiger partial charge >= 0.3 is 5.97 Å². The minimum absolute atomic E-state index is 0.0183. The van der Waals surface area contributed by atoms with Crippen molar-refractivity contribution in [3.05, 3.63) is 36.5 Å². The standard InChI is InChI=1S/C76H145NO5/c1-3-5-7-9-11-13-15-17-19-20-34-38-42-46-50-54-58-62-66-70-76(81)82-71-67-63-59-55-51-47-43-39-36-33-31-29-27-25-23-21-22-24-26-28-30-32-35-37-41-45-49-53-57-61-65-69-75(80)77-73(72-78)74(79)68-64-60-56-52-48-44-40-18-16-14-12-10-8-6-4-2/h23,25,29,31,64,68,73-74,78-79H,3-22,24,26-28,30,32-63,65-67,69-72H2,1-2H3,(H,77,80)/b25-23-,31-29-,68-64+. The van der Waals surface area contributed by atoms with Crippen molar-refractivity contribution in [1.29, 1.82) is 0 Å². The lowest BCUT2D eigenvalue weighted by Gasteiger charge is -2.20. The van der Waals surface area contributed by atoms with Crippen LogP contribution in [-0.2, 0) is 14.3 Å². The maximum Gasteiger partial charge on any atom is 0.305 e. The molecule has 0 aromatic rings. The van der Waals surface area contributed by atoms with Gasteiger partial charge in [0, 0.05) is 12.8 Å². The first kappa shape index (κ1) is 80.1. The summed E-state index contributed by atoms with van der Waals surface area (Å²) in [5.74, 6) is -0.0468. The molecule has 2 atom stereocenters. The van der Waals surface area contributed by atoms with Gasteiger partial charge in [-0.05, 0) is 64.2 Å². The first-order chi connectivity index (χ1) is 40.5.